The predicted molar refractivity (Wildman–Crippen MR) is 78.6 cm³/mol. The van der Waals surface area contributed by atoms with Gasteiger partial charge in [0.05, 0.1) is 16.9 Å². The standard InChI is InChI=1S/C17H20N2O2/c18-11-16(8-9-16)14-4-2-13(3-5-14)10-19-12-17(15(20)21)6-1-7-17/h2-5,19H,1,6-10,12H2,(H,20,21). The first-order valence-corrected chi connectivity index (χ1v) is 7.55. The quantitative estimate of drug-likeness (QED) is 0.842. The van der Waals surface area contributed by atoms with Crippen LogP contribution < -0.4 is 5.32 Å². The minimum Gasteiger partial charge on any atom is -0.481 e. The van der Waals surface area contributed by atoms with E-state index in [-0.39, 0.29) is 5.41 Å². The number of carbonyl (C=O) groups is 1. The zero-order valence-electron chi connectivity index (χ0n) is 12.1. The molecule has 0 unspecified atom stereocenters. The average molecular weight is 284 g/mol. The van der Waals surface area contributed by atoms with E-state index in [1.807, 2.05) is 24.3 Å². The summed E-state index contributed by atoms with van der Waals surface area (Å²) in [6, 6.07) is 10.5. The molecule has 1 aromatic rings. The van der Waals surface area contributed by atoms with E-state index in [1.165, 1.54) is 0 Å². The summed E-state index contributed by atoms with van der Waals surface area (Å²) < 4.78 is 0. The third-order valence-electron chi connectivity index (χ3n) is 5.03. The van der Waals surface area contributed by atoms with Crippen LogP contribution in [0.2, 0.25) is 0 Å². The van der Waals surface area contributed by atoms with Crippen molar-refractivity contribution in [2.24, 2.45) is 5.41 Å². The molecule has 0 amide bonds. The van der Waals surface area contributed by atoms with Crippen molar-refractivity contribution in [1.82, 2.24) is 5.32 Å². The summed E-state index contributed by atoms with van der Waals surface area (Å²) in [4.78, 5) is 11.3. The maximum Gasteiger partial charge on any atom is 0.310 e. The van der Waals surface area contributed by atoms with Gasteiger partial charge in [0.25, 0.3) is 0 Å². The number of nitrogens with zero attached hydrogens (tertiary/aromatic N) is 1. The molecule has 2 N–H and O–H groups in total. The second-order valence-electron chi connectivity index (χ2n) is 6.43. The van der Waals surface area contributed by atoms with Crippen molar-refractivity contribution in [1.29, 1.82) is 5.26 Å². The Morgan fingerprint density at radius 3 is 2.33 bits per heavy atom. The van der Waals surface area contributed by atoms with Gasteiger partial charge in [-0.3, -0.25) is 4.79 Å². The summed E-state index contributed by atoms with van der Waals surface area (Å²) in [5.74, 6) is -0.679. The average Bonchev–Trinajstić information content (AvgIpc) is 3.23. The third kappa shape index (κ3) is 2.54. The number of nitrogens with one attached hydrogen (secondary N) is 1. The lowest BCUT2D eigenvalue weighted by molar-refractivity contribution is -0.154. The summed E-state index contributed by atoms with van der Waals surface area (Å²) in [7, 11) is 0. The largest absolute Gasteiger partial charge is 0.481 e. The Bertz CT molecular complexity index is 578. The third-order valence-corrected chi connectivity index (χ3v) is 5.03. The predicted octanol–water partition coefficient (Wildman–Crippen LogP) is 2.59. The van der Waals surface area contributed by atoms with Gasteiger partial charge in [-0.1, -0.05) is 30.7 Å². The highest BCUT2D eigenvalue weighted by atomic mass is 16.4. The molecule has 0 radical (unpaired) electrons. The molecule has 2 aliphatic carbocycles. The van der Waals surface area contributed by atoms with Crippen molar-refractivity contribution in [3.8, 4) is 6.07 Å². The van der Waals surface area contributed by atoms with Gasteiger partial charge in [0.2, 0.25) is 0 Å². The van der Waals surface area contributed by atoms with E-state index in [4.69, 9.17) is 0 Å². The van der Waals surface area contributed by atoms with Crippen molar-refractivity contribution in [2.45, 2.75) is 44.1 Å². The van der Waals surface area contributed by atoms with Crippen LogP contribution in [0.1, 0.15) is 43.2 Å². The summed E-state index contributed by atoms with van der Waals surface area (Å²) in [5, 5.41) is 21.7. The maximum atomic E-state index is 11.3. The van der Waals surface area contributed by atoms with Crippen LogP contribution in [0.15, 0.2) is 24.3 Å². The smallest absolute Gasteiger partial charge is 0.310 e. The zero-order valence-corrected chi connectivity index (χ0v) is 12.1. The SMILES string of the molecule is N#CC1(c2ccc(CNCC3(C(=O)O)CCC3)cc2)CC1. The van der Waals surface area contributed by atoms with Crippen LogP contribution in [-0.2, 0) is 16.8 Å². The molecule has 0 bridgehead atoms. The van der Waals surface area contributed by atoms with Gasteiger partial charge in [-0.05, 0) is 36.8 Å². The minimum atomic E-state index is -0.679. The fraction of sp³-hybridized carbons (Fsp3) is 0.529. The molecule has 2 saturated carbocycles. The molecular formula is C17H20N2O2. The van der Waals surface area contributed by atoms with Gasteiger partial charge in [-0.15, -0.1) is 0 Å². The van der Waals surface area contributed by atoms with Gasteiger partial charge in [0.1, 0.15) is 0 Å². The molecule has 0 aromatic heterocycles. The molecule has 1 aromatic carbocycles. The normalized spacial score (nSPS) is 21.1. The number of aliphatic carboxylic acids is 1. The first kappa shape index (κ1) is 14.1. The summed E-state index contributed by atoms with van der Waals surface area (Å²) in [6.07, 6.45) is 4.49. The van der Waals surface area contributed by atoms with Gasteiger partial charge in [0, 0.05) is 13.1 Å². The van der Waals surface area contributed by atoms with Gasteiger partial charge in [0.15, 0.2) is 0 Å². The Labute approximate surface area is 124 Å². The van der Waals surface area contributed by atoms with E-state index in [1.54, 1.807) is 0 Å². The molecule has 21 heavy (non-hydrogen) atoms. The van der Waals surface area contributed by atoms with Gasteiger partial charge in [-0.25, -0.2) is 0 Å². The molecule has 0 saturated heterocycles. The molecule has 0 heterocycles. The van der Waals surface area contributed by atoms with Gasteiger partial charge < -0.3 is 10.4 Å². The molecule has 2 fully saturated rings. The van der Waals surface area contributed by atoms with Gasteiger partial charge in [-0.2, -0.15) is 5.26 Å². The topological polar surface area (TPSA) is 73.1 Å². The monoisotopic (exact) mass is 284 g/mol. The van der Waals surface area contributed by atoms with Crippen molar-refractivity contribution >= 4 is 5.97 Å². The summed E-state index contributed by atoms with van der Waals surface area (Å²) >= 11 is 0. The lowest BCUT2D eigenvalue weighted by atomic mass is 9.69. The van der Waals surface area contributed by atoms with Crippen LogP contribution in [0.4, 0.5) is 0 Å². The highest BCUT2D eigenvalue weighted by Gasteiger charge is 2.45. The lowest BCUT2D eigenvalue weighted by Gasteiger charge is -2.37. The first-order valence-electron chi connectivity index (χ1n) is 7.55. The van der Waals surface area contributed by atoms with Crippen molar-refractivity contribution in [3.63, 3.8) is 0 Å². The molecule has 0 atom stereocenters. The molecule has 4 heteroatoms. The van der Waals surface area contributed by atoms with Gasteiger partial charge >= 0.3 is 5.97 Å². The highest BCUT2D eigenvalue weighted by molar-refractivity contribution is 5.76. The lowest BCUT2D eigenvalue weighted by Crippen LogP contribution is -2.45. The second kappa shape index (κ2) is 5.16. The Morgan fingerprint density at radius 2 is 1.90 bits per heavy atom. The van der Waals surface area contributed by atoms with Crippen LogP contribution in [0.3, 0.4) is 0 Å². The van der Waals surface area contributed by atoms with Crippen molar-refractivity contribution < 1.29 is 9.90 Å². The molecule has 0 aliphatic heterocycles. The highest BCUT2D eigenvalue weighted by Crippen LogP contribution is 2.47. The van der Waals surface area contributed by atoms with Crippen molar-refractivity contribution in [3.05, 3.63) is 35.4 Å². The summed E-state index contributed by atoms with van der Waals surface area (Å²) in [5.41, 5.74) is 1.46. The number of rotatable bonds is 6. The first-order chi connectivity index (χ1) is 10.1. The van der Waals surface area contributed by atoms with E-state index in [9.17, 15) is 15.2 Å². The maximum absolute atomic E-state index is 11.3. The van der Waals surface area contributed by atoms with Crippen LogP contribution in [0.25, 0.3) is 0 Å². The number of hydrogen-bond acceptors (Lipinski definition) is 3. The molecule has 0 spiro atoms. The van der Waals surface area contributed by atoms with Crippen LogP contribution in [0, 0.1) is 16.7 Å². The number of carboxylic acid groups (broad SMARTS) is 1. The number of benzene rings is 1. The molecule has 3 rings (SSSR count). The Morgan fingerprint density at radius 1 is 1.24 bits per heavy atom. The fourth-order valence-corrected chi connectivity index (χ4v) is 3.05. The Kier molecular flexibility index (Phi) is 3.46. The Balaban J connectivity index is 1.55. The minimum absolute atomic E-state index is 0.231. The van der Waals surface area contributed by atoms with E-state index < -0.39 is 11.4 Å². The molecular weight excluding hydrogens is 264 g/mol. The van der Waals surface area contributed by atoms with Crippen LogP contribution in [0.5, 0.6) is 0 Å². The molecule has 2 aliphatic rings. The Hall–Kier alpha value is -1.86. The second-order valence-corrected chi connectivity index (χ2v) is 6.43. The summed E-state index contributed by atoms with van der Waals surface area (Å²) in [6.45, 7) is 1.21. The molecule has 110 valence electrons. The van der Waals surface area contributed by atoms with E-state index >= 15 is 0 Å². The fourth-order valence-electron chi connectivity index (χ4n) is 3.05. The van der Waals surface area contributed by atoms with E-state index in [0.29, 0.717) is 13.1 Å². The number of carboxylic acids is 1. The number of nitriles is 1. The van der Waals surface area contributed by atoms with Crippen LogP contribution >= 0.6 is 0 Å². The van der Waals surface area contributed by atoms with Crippen LogP contribution in [-0.4, -0.2) is 17.6 Å². The van der Waals surface area contributed by atoms with Crippen molar-refractivity contribution in [2.75, 3.05) is 6.54 Å². The molecule has 4 nitrogen and oxygen atoms in total. The van der Waals surface area contributed by atoms with E-state index in [2.05, 4.69) is 11.4 Å². The number of hydrogen-bond donors (Lipinski definition) is 2. The van der Waals surface area contributed by atoms with E-state index in [0.717, 1.165) is 43.2 Å². The zero-order chi connectivity index (χ0) is 14.9.